The van der Waals surface area contributed by atoms with Gasteiger partial charge < -0.3 is 9.64 Å². The van der Waals surface area contributed by atoms with Crippen molar-refractivity contribution in [3.05, 3.63) is 59.9 Å². The molecule has 0 bridgehead atoms. The van der Waals surface area contributed by atoms with Crippen molar-refractivity contribution >= 4 is 15.9 Å². The van der Waals surface area contributed by atoms with Crippen LogP contribution in [0.1, 0.15) is 12.5 Å². The standard InChI is InChI=1S/C20H20FN3O4S/c1-15(28-18-7-5-16(14-22)6-8-18)20(25)23-9-11-24(12-10-23)29(26,27)19-4-2-3-17(21)13-19/h2-8,13,15H,9-12H2,1H3/t15-/m0/s1. The van der Waals surface area contributed by atoms with Crippen LogP contribution in [0.2, 0.25) is 0 Å². The second kappa shape index (κ2) is 8.59. The summed E-state index contributed by atoms with van der Waals surface area (Å²) in [6.07, 6.45) is -0.755. The van der Waals surface area contributed by atoms with Gasteiger partial charge in [-0.05, 0) is 49.4 Å². The van der Waals surface area contributed by atoms with E-state index in [0.717, 1.165) is 6.07 Å². The lowest BCUT2D eigenvalue weighted by Gasteiger charge is -2.35. The second-order valence-corrected chi connectivity index (χ2v) is 8.52. The van der Waals surface area contributed by atoms with E-state index < -0.39 is 21.9 Å². The molecule has 0 aromatic heterocycles. The number of sulfonamides is 1. The number of piperazine rings is 1. The minimum atomic E-state index is -3.81. The van der Waals surface area contributed by atoms with Gasteiger partial charge in [0.1, 0.15) is 11.6 Å². The number of hydrogen-bond acceptors (Lipinski definition) is 5. The molecule has 1 amide bonds. The summed E-state index contributed by atoms with van der Waals surface area (Å²) in [5, 5.41) is 8.82. The molecule has 2 aromatic carbocycles. The van der Waals surface area contributed by atoms with Crippen LogP contribution in [0.4, 0.5) is 4.39 Å². The molecule has 29 heavy (non-hydrogen) atoms. The van der Waals surface area contributed by atoms with E-state index in [-0.39, 0.29) is 37.0 Å². The highest BCUT2D eigenvalue weighted by Crippen LogP contribution is 2.19. The van der Waals surface area contributed by atoms with Gasteiger partial charge in [-0.25, -0.2) is 12.8 Å². The quantitative estimate of drug-likeness (QED) is 0.742. The number of benzene rings is 2. The van der Waals surface area contributed by atoms with Crippen molar-refractivity contribution in [2.75, 3.05) is 26.2 Å². The first-order chi connectivity index (χ1) is 13.8. The second-order valence-electron chi connectivity index (χ2n) is 6.58. The molecule has 9 heteroatoms. The number of nitriles is 1. The number of rotatable bonds is 5. The van der Waals surface area contributed by atoms with E-state index in [2.05, 4.69) is 0 Å². The molecule has 3 rings (SSSR count). The Hall–Kier alpha value is -2.96. The van der Waals surface area contributed by atoms with Crippen molar-refractivity contribution in [1.82, 2.24) is 9.21 Å². The lowest BCUT2D eigenvalue weighted by molar-refractivity contribution is -0.139. The van der Waals surface area contributed by atoms with Crippen LogP contribution in [-0.2, 0) is 14.8 Å². The first kappa shape index (κ1) is 20.8. The van der Waals surface area contributed by atoms with Gasteiger partial charge in [0.15, 0.2) is 6.10 Å². The molecule has 152 valence electrons. The number of nitrogens with zero attached hydrogens (tertiary/aromatic N) is 3. The summed E-state index contributed by atoms with van der Waals surface area (Å²) in [5.41, 5.74) is 0.493. The van der Waals surface area contributed by atoms with Gasteiger partial charge in [0.05, 0.1) is 16.5 Å². The number of carbonyl (C=O) groups excluding carboxylic acids is 1. The largest absolute Gasteiger partial charge is 0.481 e. The molecule has 0 unspecified atom stereocenters. The molecule has 1 aliphatic rings. The molecule has 7 nitrogen and oxygen atoms in total. The Labute approximate surface area is 169 Å². The number of ether oxygens (including phenoxy) is 1. The summed E-state index contributed by atoms with van der Waals surface area (Å²) in [5.74, 6) is -0.400. The van der Waals surface area contributed by atoms with Crippen molar-refractivity contribution in [2.24, 2.45) is 0 Å². The minimum Gasteiger partial charge on any atom is -0.481 e. The fraction of sp³-hybridized carbons (Fsp3) is 0.300. The van der Waals surface area contributed by atoms with Gasteiger partial charge in [-0.3, -0.25) is 4.79 Å². The third kappa shape index (κ3) is 4.72. The Morgan fingerprint density at radius 1 is 1.14 bits per heavy atom. The van der Waals surface area contributed by atoms with Crippen LogP contribution in [0.5, 0.6) is 5.75 Å². The van der Waals surface area contributed by atoms with E-state index >= 15 is 0 Å². The molecule has 0 spiro atoms. The number of halogens is 1. The predicted octanol–water partition coefficient (Wildman–Crippen LogP) is 2.00. The number of carbonyl (C=O) groups is 1. The maximum atomic E-state index is 13.4. The summed E-state index contributed by atoms with van der Waals surface area (Å²) in [6, 6.07) is 13.3. The Morgan fingerprint density at radius 2 is 1.79 bits per heavy atom. The molecule has 0 N–H and O–H groups in total. The molecular weight excluding hydrogens is 397 g/mol. The van der Waals surface area contributed by atoms with E-state index in [9.17, 15) is 17.6 Å². The van der Waals surface area contributed by atoms with Crippen molar-refractivity contribution in [3.8, 4) is 11.8 Å². The van der Waals surface area contributed by atoms with Gasteiger partial charge in [-0.15, -0.1) is 0 Å². The molecule has 1 heterocycles. The van der Waals surface area contributed by atoms with E-state index in [1.54, 1.807) is 36.1 Å². The van der Waals surface area contributed by atoms with Gasteiger partial charge in [0.2, 0.25) is 10.0 Å². The molecule has 2 aromatic rings. The van der Waals surface area contributed by atoms with Crippen LogP contribution in [0, 0.1) is 17.1 Å². The van der Waals surface area contributed by atoms with Gasteiger partial charge in [-0.2, -0.15) is 9.57 Å². The molecule has 1 aliphatic heterocycles. The molecule has 0 aliphatic carbocycles. The summed E-state index contributed by atoms with van der Waals surface area (Å²) in [6.45, 7) is 2.29. The monoisotopic (exact) mass is 417 g/mol. The van der Waals surface area contributed by atoms with Gasteiger partial charge in [-0.1, -0.05) is 6.07 Å². The first-order valence-corrected chi connectivity index (χ1v) is 10.5. The van der Waals surface area contributed by atoms with Crippen LogP contribution in [0.3, 0.4) is 0 Å². The third-order valence-corrected chi connectivity index (χ3v) is 6.52. The molecule has 0 radical (unpaired) electrons. The molecule has 0 saturated carbocycles. The predicted molar refractivity (Wildman–Crippen MR) is 103 cm³/mol. The van der Waals surface area contributed by atoms with Crippen molar-refractivity contribution in [3.63, 3.8) is 0 Å². The molecular formula is C20H20FN3O4S. The fourth-order valence-corrected chi connectivity index (χ4v) is 4.50. The lowest BCUT2D eigenvalue weighted by Crippen LogP contribution is -2.53. The lowest BCUT2D eigenvalue weighted by atomic mass is 10.2. The Bertz CT molecular complexity index is 1030. The zero-order valence-electron chi connectivity index (χ0n) is 15.8. The van der Waals surface area contributed by atoms with Gasteiger partial charge >= 0.3 is 0 Å². The smallest absolute Gasteiger partial charge is 0.263 e. The highest BCUT2D eigenvalue weighted by atomic mass is 32.2. The first-order valence-electron chi connectivity index (χ1n) is 9.02. The van der Waals surface area contributed by atoms with E-state index in [0.29, 0.717) is 11.3 Å². The van der Waals surface area contributed by atoms with E-state index in [1.807, 2.05) is 6.07 Å². The normalized spacial score (nSPS) is 16.1. The molecule has 1 saturated heterocycles. The van der Waals surface area contributed by atoms with E-state index in [1.165, 1.54) is 22.5 Å². The third-order valence-electron chi connectivity index (χ3n) is 4.63. The van der Waals surface area contributed by atoms with Crippen LogP contribution < -0.4 is 4.74 Å². The zero-order valence-corrected chi connectivity index (χ0v) is 16.6. The Morgan fingerprint density at radius 3 is 2.38 bits per heavy atom. The minimum absolute atomic E-state index is 0.102. The number of amides is 1. The zero-order chi connectivity index (χ0) is 21.0. The Balaban J connectivity index is 1.59. The fourth-order valence-electron chi connectivity index (χ4n) is 3.05. The van der Waals surface area contributed by atoms with Gasteiger partial charge in [0.25, 0.3) is 5.91 Å². The average Bonchev–Trinajstić information content (AvgIpc) is 2.74. The van der Waals surface area contributed by atoms with Crippen LogP contribution in [0.25, 0.3) is 0 Å². The maximum absolute atomic E-state index is 13.4. The van der Waals surface area contributed by atoms with Crippen LogP contribution in [0.15, 0.2) is 53.4 Å². The van der Waals surface area contributed by atoms with E-state index in [4.69, 9.17) is 10.00 Å². The number of hydrogen-bond donors (Lipinski definition) is 0. The SMILES string of the molecule is C[C@H](Oc1ccc(C#N)cc1)C(=O)N1CCN(S(=O)(=O)c2cccc(F)c2)CC1. The van der Waals surface area contributed by atoms with Crippen molar-refractivity contribution < 1.29 is 22.3 Å². The summed E-state index contributed by atoms with van der Waals surface area (Å²) in [4.78, 5) is 14.1. The summed E-state index contributed by atoms with van der Waals surface area (Å²) in [7, 11) is -3.81. The topological polar surface area (TPSA) is 90.7 Å². The Kier molecular flexibility index (Phi) is 6.15. The average molecular weight is 417 g/mol. The molecule has 1 fully saturated rings. The van der Waals surface area contributed by atoms with Crippen LogP contribution >= 0.6 is 0 Å². The molecule has 1 atom stereocenters. The van der Waals surface area contributed by atoms with Crippen LogP contribution in [-0.4, -0.2) is 55.8 Å². The highest BCUT2D eigenvalue weighted by Gasteiger charge is 2.32. The summed E-state index contributed by atoms with van der Waals surface area (Å²) < 4.78 is 45.6. The maximum Gasteiger partial charge on any atom is 0.263 e. The van der Waals surface area contributed by atoms with Crippen molar-refractivity contribution in [2.45, 2.75) is 17.9 Å². The highest BCUT2D eigenvalue weighted by molar-refractivity contribution is 7.89. The summed E-state index contributed by atoms with van der Waals surface area (Å²) >= 11 is 0. The van der Waals surface area contributed by atoms with Gasteiger partial charge in [0, 0.05) is 26.2 Å². The van der Waals surface area contributed by atoms with Crippen molar-refractivity contribution in [1.29, 1.82) is 5.26 Å².